The van der Waals surface area contributed by atoms with E-state index in [0.717, 1.165) is 35.6 Å². The topological polar surface area (TPSA) is 35.6 Å². The first-order valence-electron chi connectivity index (χ1n) is 7.12. The van der Waals surface area contributed by atoms with Gasteiger partial charge in [-0.1, -0.05) is 6.92 Å². The van der Waals surface area contributed by atoms with E-state index in [1.54, 1.807) is 11.3 Å². The van der Waals surface area contributed by atoms with Crippen molar-refractivity contribution in [2.75, 3.05) is 0 Å². The first-order valence-corrected chi connectivity index (χ1v) is 8.43. The fraction of sp³-hybridized carbons (Fsp3) is 0.467. The third-order valence-corrected chi connectivity index (χ3v) is 4.98. The zero-order valence-corrected chi connectivity index (χ0v) is 14.3. The zero-order valence-electron chi connectivity index (χ0n) is 12.7. The first-order chi connectivity index (χ1) is 10.0. The number of thiophene rings is 1. The highest BCUT2D eigenvalue weighted by molar-refractivity contribution is 7.10. The summed E-state index contributed by atoms with van der Waals surface area (Å²) in [5.41, 5.74) is 4.39. The van der Waals surface area contributed by atoms with Crippen molar-refractivity contribution in [2.24, 2.45) is 7.05 Å². The molecule has 0 aliphatic rings. The quantitative estimate of drug-likeness (QED) is 0.679. The molecule has 0 saturated heterocycles. The van der Waals surface area contributed by atoms with E-state index in [4.69, 9.17) is 16.6 Å². The molecule has 0 radical (unpaired) electrons. The summed E-state index contributed by atoms with van der Waals surface area (Å²) in [6.07, 6.45) is 0.877. The second-order valence-corrected chi connectivity index (χ2v) is 6.95. The van der Waals surface area contributed by atoms with Gasteiger partial charge < -0.3 is 4.57 Å². The van der Waals surface area contributed by atoms with Crippen molar-refractivity contribution in [3.63, 3.8) is 0 Å². The van der Waals surface area contributed by atoms with Gasteiger partial charge in [0, 0.05) is 11.9 Å². The number of nitrogens with zero attached hydrogens (tertiary/aromatic N) is 4. The van der Waals surface area contributed by atoms with Crippen LogP contribution < -0.4 is 0 Å². The predicted molar refractivity (Wildman–Crippen MR) is 88.3 cm³/mol. The number of alkyl halides is 1. The SMILES string of the molecule is CCc1nn(C)c2c1nc(C(C)Cl)n2Cc1sccc1C. The number of hydrogen-bond donors (Lipinski definition) is 0. The third kappa shape index (κ3) is 2.38. The van der Waals surface area contributed by atoms with Crippen molar-refractivity contribution in [2.45, 2.75) is 39.1 Å². The highest BCUT2D eigenvalue weighted by Gasteiger charge is 2.21. The van der Waals surface area contributed by atoms with Crippen molar-refractivity contribution in [1.29, 1.82) is 0 Å². The number of fused-ring (bicyclic) bond motifs is 1. The Morgan fingerprint density at radius 2 is 2.19 bits per heavy atom. The molecule has 0 aliphatic carbocycles. The maximum atomic E-state index is 6.35. The number of halogens is 1. The van der Waals surface area contributed by atoms with Gasteiger partial charge in [-0.3, -0.25) is 4.68 Å². The maximum Gasteiger partial charge on any atom is 0.159 e. The summed E-state index contributed by atoms with van der Waals surface area (Å²) >= 11 is 8.13. The molecule has 0 spiro atoms. The molecule has 3 aromatic rings. The van der Waals surface area contributed by atoms with Gasteiger partial charge in [-0.2, -0.15) is 5.10 Å². The minimum atomic E-state index is -0.123. The number of aryl methyl sites for hydroxylation is 3. The van der Waals surface area contributed by atoms with E-state index in [2.05, 4.69) is 35.0 Å². The monoisotopic (exact) mass is 322 g/mol. The molecule has 1 unspecified atom stereocenters. The largest absolute Gasteiger partial charge is 0.306 e. The molecule has 0 saturated carbocycles. The van der Waals surface area contributed by atoms with E-state index < -0.39 is 0 Å². The molecule has 0 aliphatic heterocycles. The number of rotatable bonds is 4. The Hall–Kier alpha value is -1.33. The van der Waals surface area contributed by atoms with E-state index in [0.29, 0.717) is 0 Å². The second-order valence-electron chi connectivity index (χ2n) is 5.30. The molecule has 0 fully saturated rings. The van der Waals surface area contributed by atoms with E-state index in [9.17, 15) is 0 Å². The van der Waals surface area contributed by atoms with Crippen LogP contribution in [0.3, 0.4) is 0 Å². The number of imidazole rings is 1. The van der Waals surface area contributed by atoms with Crippen molar-refractivity contribution in [3.05, 3.63) is 33.4 Å². The molecule has 0 N–H and O–H groups in total. The van der Waals surface area contributed by atoms with Crippen LogP contribution in [0.2, 0.25) is 0 Å². The smallest absolute Gasteiger partial charge is 0.159 e. The van der Waals surface area contributed by atoms with Crippen molar-refractivity contribution in [3.8, 4) is 0 Å². The molecule has 1 atom stereocenters. The van der Waals surface area contributed by atoms with Crippen LogP contribution in [-0.2, 0) is 20.0 Å². The molecule has 0 aromatic carbocycles. The molecule has 3 heterocycles. The fourth-order valence-electron chi connectivity index (χ4n) is 2.67. The van der Waals surface area contributed by atoms with Crippen LogP contribution in [0, 0.1) is 6.92 Å². The van der Waals surface area contributed by atoms with Gasteiger partial charge in [0.05, 0.1) is 17.6 Å². The van der Waals surface area contributed by atoms with E-state index in [1.807, 2.05) is 18.7 Å². The first kappa shape index (κ1) is 14.6. The summed E-state index contributed by atoms with van der Waals surface area (Å²) in [6, 6.07) is 2.15. The molecule has 3 aromatic heterocycles. The van der Waals surface area contributed by atoms with Crippen LogP contribution in [0.1, 0.15) is 41.2 Å². The van der Waals surface area contributed by atoms with Crippen LogP contribution in [-0.4, -0.2) is 19.3 Å². The highest BCUT2D eigenvalue weighted by Crippen LogP contribution is 2.29. The van der Waals surface area contributed by atoms with E-state index in [1.165, 1.54) is 10.4 Å². The average Bonchev–Trinajstić information content (AvgIpc) is 3.08. The van der Waals surface area contributed by atoms with Gasteiger partial charge in [0.25, 0.3) is 0 Å². The molecule has 112 valence electrons. The minimum absolute atomic E-state index is 0.123. The lowest BCUT2D eigenvalue weighted by Gasteiger charge is -2.10. The fourth-order valence-corrected chi connectivity index (χ4v) is 3.73. The van der Waals surface area contributed by atoms with Crippen LogP contribution in [0.15, 0.2) is 11.4 Å². The summed E-state index contributed by atoms with van der Waals surface area (Å²) in [4.78, 5) is 6.11. The Bertz CT molecular complexity index is 781. The lowest BCUT2D eigenvalue weighted by atomic mass is 10.3. The lowest BCUT2D eigenvalue weighted by Crippen LogP contribution is -2.09. The summed E-state index contributed by atoms with van der Waals surface area (Å²) in [5, 5.41) is 6.58. The molecule has 6 heteroatoms. The second kappa shape index (κ2) is 5.46. The molecule has 4 nitrogen and oxygen atoms in total. The van der Waals surface area contributed by atoms with Gasteiger partial charge in [0.2, 0.25) is 0 Å². The van der Waals surface area contributed by atoms with Gasteiger partial charge in [-0.05, 0) is 37.3 Å². The molecular weight excluding hydrogens is 304 g/mol. The van der Waals surface area contributed by atoms with Gasteiger partial charge >= 0.3 is 0 Å². The molecular formula is C15H19ClN4S. The van der Waals surface area contributed by atoms with Gasteiger partial charge in [-0.25, -0.2) is 4.98 Å². The number of aromatic nitrogens is 4. The normalized spacial score (nSPS) is 13.2. The summed E-state index contributed by atoms with van der Waals surface area (Å²) in [7, 11) is 1.98. The molecule has 3 rings (SSSR count). The Labute approximate surface area is 133 Å². The highest BCUT2D eigenvalue weighted by atomic mass is 35.5. The average molecular weight is 323 g/mol. The minimum Gasteiger partial charge on any atom is -0.306 e. The summed E-state index contributed by atoms with van der Waals surface area (Å²) < 4.78 is 4.13. The Kier molecular flexibility index (Phi) is 3.80. The molecule has 0 amide bonds. The van der Waals surface area contributed by atoms with Crippen LogP contribution in [0.5, 0.6) is 0 Å². The van der Waals surface area contributed by atoms with Crippen molar-refractivity contribution in [1.82, 2.24) is 19.3 Å². The van der Waals surface area contributed by atoms with Crippen LogP contribution >= 0.6 is 22.9 Å². The van der Waals surface area contributed by atoms with Crippen molar-refractivity contribution < 1.29 is 0 Å². The van der Waals surface area contributed by atoms with E-state index >= 15 is 0 Å². The number of hydrogen-bond acceptors (Lipinski definition) is 3. The van der Waals surface area contributed by atoms with E-state index in [-0.39, 0.29) is 5.38 Å². The molecule has 0 bridgehead atoms. The zero-order chi connectivity index (χ0) is 15.1. The van der Waals surface area contributed by atoms with Crippen LogP contribution in [0.4, 0.5) is 0 Å². The molecule has 21 heavy (non-hydrogen) atoms. The Balaban J connectivity index is 2.21. The third-order valence-electron chi connectivity index (χ3n) is 3.78. The van der Waals surface area contributed by atoms with Gasteiger partial charge in [-0.15, -0.1) is 22.9 Å². The maximum absolute atomic E-state index is 6.35. The standard InChI is InChI=1S/C15H19ClN4S/c1-5-11-13-15(19(4)18-11)20(14(17-13)10(3)16)8-12-9(2)6-7-21-12/h6-7,10H,5,8H2,1-4H3. The predicted octanol–water partition coefficient (Wildman–Crippen LogP) is 4.05. The Morgan fingerprint density at radius 3 is 2.76 bits per heavy atom. The summed E-state index contributed by atoms with van der Waals surface area (Å²) in [5.74, 6) is 0.919. The van der Waals surface area contributed by atoms with Crippen LogP contribution in [0.25, 0.3) is 11.2 Å². The summed E-state index contributed by atoms with van der Waals surface area (Å²) in [6.45, 7) is 7.02. The Morgan fingerprint density at radius 1 is 1.43 bits per heavy atom. The van der Waals surface area contributed by atoms with Gasteiger partial charge in [0.15, 0.2) is 5.65 Å². The lowest BCUT2D eigenvalue weighted by molar-refractivity contribution is 0.686. The van der Waals surface area contributed by atoms with Crippen molar-refractivity contribution >= 4 is 34.1 Å². The van der Waals surface area contributed by atoms with Gasteiger partial charge in [0.1, 0.15) is 11.3 Å².